The maximum Gasteiger partial charge on any atom is 0.326 e. The zero-order valence-electron chi connectivity index (χ0n) is 8.63. The smallest absolute Gasteiger partial charge is 0.326 e. The minimum atomic E-state index is -0.832. The Morgan fingerprint density at radius 1 is 1.62 bits per heavy atom. The standard InChI is InChI=1S/C10H12N2O3S/c13-7-16-6-11-5-9(16)12-4-2-1-3-8(12)10(14)15/h5-6,8H,1-4H2,(H,14,15). The van der Waals surface area contributed by atoms with Gasteiger partial charge in [0.2, 0.25) is 0 Å². The van der Waals surface area contributed by atoms with Crippen molar-refractivity contribution in [2.45, 2.75) is 25.3 Å². The second-order valence-corrected chi connectivity index (χ2v) is 5.16. The zero-order chi connectivity index (χ0) is 11.5. The topological polar surface area (TPSA) is 70.0 Å². The average molecular weight is 240 g/mol. The van der Waals surface area contributed by atoms with Gasteiger partial charge in [-0.1, -0.05) is 0 Å². The van der Waals surface area contributed by atoms with Crippen LogP contribution in [-0.4, -0.2) is 39.3 Å². The van der Waals surface area contributed by atoms with Gasteiger partial charge in [-0.05, 0) is 29.7 Å². The average Bonchev–Trinajstić information content (AvgIpc) is 2.76. The van der Waals surface area contributed by atoms with E-state index in [0.717, 1.165) is 12.8 Å². The molecule has 0 aliphatic carbocycles. The molecule has 0 aromatic heterocycles. The molecule has 0 saturated carbocycles. The summed E-state index contributed by atoms with van der Waals surface area (Å²) < 4.78 is 0. The number of hydrogen-bond donors (Lipinski definition) is 1. The summed E-state index contributed by atoms with van der Waals surface area (Å²) in [6.45, 7) is 0.678. The van der Waals surface area contributed by atoms with Crippen LogP contribution in [0.5, 0.6) is 0 Å². The quantitative estimate of drug-likeness (QED) is 0.734. The highest BCUT2D eigenvalue weighted by Gasteiger charge is 2.31. The summed E-state index contributed by atoms with van der Waals surface area (Å²) in [6, 6.07) is -0.523. The third-order valence-corrected chi connectivity index (χ3v) is 4.04. The molecular weight excluding hydrogens is 228 g/mol. The van der Waals surface area contributed by atoms with Crippen molar-refractivity contribution in [1.82, 2.24) is 4.90 Å². The lowest BCUT2D eigenvalue weighted by atomic mass is 10.0. The number of aliphatic imine (C=N–C) groups is 1. The maximum absolute atomic E-state index is 11.1. The highest BCUT2D eigenvalue weighted by molar-refractivity contribution is 8.29. The first kappa shape index (κ1) is 11.1. The van der Waals surface area contributed by atoms with Gasteiger partial charge in [0.1, 0.15) is 11.1 Å². The molecule has 6 heteroatoms. The molecule has 2 unspecified atom stereocenters. The lowest BCUT2D eigenvalue weighted by Crippen LogP contribution is -2.43. The molecule has 16 heavy (non-hydrogen) atoms. The van der Waals surface area contributed by atoms with Crippen molar-refractivity contribution in [3.8, 4) is 0 Å². The van der Waals surface area contributed by atoms with E-state index >= 15 is 0 Å². The van der Waals surface area contributed by atoms with Crippen molar-refractivity contribution in [1.29, 1.82) is 0 Å². The van der Waals surface area contributed by atoms with Crippen LogP contribution in [0.3, 0.4) is 0 Å². The Morgan fingerprint density at radius 3 is 3.12 bits per heavy atom. The first-order chi connectivity index (χ1) is 7.74. The Bertz CT molecular complexity index is 424. The molecule has 0 radical (unpaired) electrons. The van der Waals surface area contributed by atoms with Gasteiger partial charge in [-0.25, -0.2) is 9.59 Å². The Kier molecular flexibility index (Phi) is 3.22. The van der Waals surface area contributed by atoms with Crippen LogP contribution < -0.4 is 0 Å². The summed E-state index contributed by atoms with van der Waals surface area (Å²) in [6.07, 6.45) is 4.08. The number of carbonyl (C=O) groups excluding carboxylic acids is 1. The molecule has 2 aliphatic heterocycles. The van der Waals surface area contributed by atoms with Crippen molar-refractivity contribution >= 4 is 27.2 Å². The fourth-order valence-corrected chi connectivity index (χ4v) is 3.05. The molecule has 86 valence electrons. The summed E-state index contributed by atoms with van der Waals surface area (Å²) in [4.78, 5) is 27.5. The fourth-order valence-electron chi connectivity index (χ4n) is 1.98. The molecule has 2 heterocycles. The lowest BCUT2D eigenvalue weighted by Gasteiger charge is -2.35. The van der Waals surface area contributed by atoms with Crippen molar-refractivity contribution in [3.63, 3.8) is 0 Å². The minimum Gasteiger partial charge on any atom is -0.480 e. The first-order valence-electron chi connectivity index (χ1n) is 5.08. The van der Waals surface area contributed by atoms with E-state index in [4.69, 9.17) is 5.11 Å². The van der Waals surface area contributed by atoms with Crippen molar-refractivity contribution in [3.05, 3.63) is 11.2 Å². The number of hydrogen-bond acceptors (Lipinski definition) is 4. The van der Waals surface area contributed by atoms with Crippen molar-refractivity contribution in [2.24, 2.45) is 4.99 Å². The number of carbonyl (C=O) groups is 1. The molecular formula is C10H12N2O3S. The van der Waals surface area contributed by atoms with Gasteiger partial charge in [-0.3, -0.25) is 4.99 Å². The van der Waals surface area contributed by atoms with E-state index in [0.29, 0.717) is 18.0 Å². The minimum absolute atomic E-state index is 0.523. The molecule has 1 N–H and O–H groups in total. The van der Waals surface area contributed by atoms with E-state index in [2.05, 4.69) is 4.99 Å². The Balaban J connectivity index is 2.25. The predicted octanol–water partition coefficient (Wildman–Crippen LogP) is 1.10. The van der Waals surface area contributed by atoms with Crippen LogP contribution >= 0.6 is 10.5 Å². The van der Waals surface area contributed by atoms with E-state index in [1.807, 2.05) is 5.23 Å². The number of piperidine rings is 1. The predicted molar refractivity (Wildman–Crippen MR) is 61.8 cm³/mol. The summed E-state index contributed by atoms with van der Waals surface area (Å²) in [7, 11) is -0.780. The summed E-state index contributed by atoms with van der Waals surface area (Å²) in [5.74, 6) is -0.832. The molecule has 0 aromatic carbocycles. The van der Waals surface area contributed by atoms with Gasteiger partial charge < -0.3 is 10.0 Å². The van der Waals surface area contributed by atoms with Crippen LogP contribution in [0.15, 0.2) is 16.2 Å². The van der Waals surface area contributed by atoms with Crippen LogP contribution in [0.4, 0.5) is 0 Å². The second-order valence-electron chi connectivity index (χ2n) is 3.69. The Morgan fingerprint density at radius 2 is 2.44 bits per heavy atom. The number of aliphatic carboxylic acids is 1. The fraction of sp³-hybridized carbons (Fsp3) is 0.500. The van der Waals surface area contributed by atoms with Gasteiger partial charge in [0.05, 0.1) is 11.7 Å². The highest BCUT2D eigenvalue weighted by Crippen LogP contribution is 2.33. The molecule has 0 bridgehead atoms. The summed E-state index contributed by atoms with van der Waals surface area (Å²) in [5.41, 5.74) is 1.52. The summed E-state index contributed by atoms with van der Waals surface area (Å²) in [5, 5.41) is 11.7. The first-order valence-corrected chi connectivity index (χ1v) is 6.36. The third-order valence-electron chi connectivity index (χ3n) is 2.74. The molecule has 0 amide bonds. The molecule has 5 nitrogen and oxygen atoms in total. The van der Waals surface area contributed by atoms with E-state index in [9.17, 15) is 9.59 Å². The molecule has 2 rings (SSSR count). The number of carboxylic acid groups (broad SMARTS) is 1. The third kappa shape index (κ3) is 1.94. The highest BCUT2D eigenvalue weighted by atomic mass is 32.2. The number of likely N-dealkylation sites (tertiary alicyclic amines) is 1. The van der Waals surface area contributed by atoms with Gasteiger partial charge in [-0.2, -0.15) is 0 Å². The van der Waals surface area contributed by atoms with E-state index in [-0.39, 0.29) is 0 Å². The Labute approximate surface area is 95.4 Å². The van der Waals surface area contributed by atoms with E-state index in [1.54, 1.807) is 11.1 Å². The van der Waals surface area contributed by atoms with Gasteiger partial charge >= 0.3 is 5.97 Å². The number of carboxylic acids is 1. The molecule has 1 fully saturated rings. The van der Waals surface area contributed by atoms with Crippen LogP contribution in [0.2, 0.25) is 0 Å². The Hall–Kier alpha value is -1.39. The molecule has 0 aromatic rings. The van der Waals surface area contributed by atoms with Crippen LogP contribution in [-0.2, 0) is 9.59 Å². The number of nitrogens with zero attached hydrogens (tertiary/aromatic N) is 2. The van der Waals surface area contributed by atoms with Crippen molar-refractivity contribution < 1.29 is 14.7 Å². The monoisotopic (exact) mass is 240 g/mol. The van der Waals surface area contributed by atoms with E-state index in [1.165, 1.54) is 5.55 Å². The van der Waals surface area contributed by atoms with E-state index < -0.39 is 22.5 Å². The molecule has 2 atom stereocenters. The molecule has 0 spiro atoms. The molecule has 2 aliphatic rings. The second kappa shape index (κ2) is 4.63. The van der Waals surface area contributed by atoms with Gasteiger partial charge in [0.25, 0.3) is 0 Å². The van der Waals surface area contributed by atoms with Gasteiger partial charge in [-0.15, -0.1) is 0 Å². The maximum atomic E-state index is 11.1. The zero-order valence-corrected chi connectivity index (χ0v) is 9.44. The van der Waals surface area contributed by atoms with Crippen LogP contribution in [0.25, 0.3) is 0 Å². The lowest BCUT2D eigenvalue weighted by molar-refractivity contribution is -0.143. The SMILES string of the molecule is O=C=S1C=NC=C1N1CCCCC1C(=O)O. The molecule has 1 saturated heterocycles. The largest absolute Gasteiger partial charge is 0.480 e. The normalized spacial score (nSPS) is 28.8. The van der Waals surface area contributed by atoms with Gasteiger partial charge in [0.15, 0.2) is 5.23 Å². The van der Waals surface area contributed by atoms with Crippen LogP contribution in [0.1, 0.15) is 19.3 Å². The van der Waals surface area contributed by atoms with Crippen LogP contribution in [0, 0.1) is 0 Å². The van der Waals surface area contributed by atoms with Crippen molar-refractivity contribution in [2.75, 3.05) is 6.54 Å². The summed E-state index contributed by atoms with van der Waals surface area (Å²) >= 11 is 0. The van der Waals surface area contributed by atoms with Gasteiger partial charge in [0, 0.05) is 6.54 Å². The number of rotatable bonds is 2.